The Labute approximate surface area is 195 Å². The van der Waals surface area contributed by atoms with Gasteiger partial charge >= 0.3 is 0 Å². The number of hydrogen-bond acceptors (Lipinski definition) is 3. The number of halogens is 1. The molecule has 1 aliphatic carbocycles. The van der Waals surface area contributed by atoms with Crippen LogP contribution >= 0.6 is 0 Å². The molecule has 0 saturated heterocycles. The molecule has 1 fully saturated rings. The third kappa shape index (κ3) is 5.40. The molecule has 1 heterocycles. The van der Waals surface area contributed by atoms with Crippen molar-refractivity contribution in [2.45, 2.75) is 76.5 Å². The van der Waals surface area contributed by atoms with Crippen LogP contribution in [-0.4, -0.2) is 18.1 Å². The number of rotatable bonds is 3. The first kappa shape index (κ1) is 23.3. The largest absolute Gasteiger partial charge is 0.508 e. The smallest absolute Gasteiger partial charge is 0.255 e. The fourth-order valence-electron chi connectivity index (χ4n) is 5.11. The maximum absolute atomic E-state index is 13.5. The molecule has 0 radical (unpaired) electrons. The summed E-state index contributed by atoms with van der Waals surface area (Å²) in [5.41, 5.74) is 2.41. The van der Waals surface area contributed by atoms with Gasteiger partial charge in [0.25, 0.3) is 5.91 Å². The highest BCUT2D eigenvalue weighted by molar-refractivity contribution is 6.11. The quantitative estimate of drug-likeness (QED) is 0.429. The summed E-state index contributed by atoms with van der Waals surface area (Å²) < 4.78 is 19.5. The van der Waals surface area contributed by atoms with E-state index in [9.17, 15) is 14.3 Å². The minimum absolute atomic E-state index is 0.224. The maximum Gasteiger partial charge on any atom is 0.255 e. The van der Waals surface area contributed by atoms with Crippen LogP contribution in [0.2, 0.25) is 0 Å². The number of carbonyl (C=O) groups excluding carboxylic acids is 1. The predicted octanol–water partition coefficient (Wildman–Crippen LogP) is 7.69. The molecule has 0 atom stereocenters. The highest BCUT2D eigenvalue weighted by Crippen LogP contribution is 2.41. The molecular formula is C28H34FNO3. The number of aromatic hydroxyl groups is 1. The highest BCUT2D eigenvalue weighted by Gasteiger charge is 2.25. The summed E-state index contributed by atoms with van der Waals surface area (Å²) in [6, 6.07) is 9.50. The van der Waals surface area contributed by atoms with E-state index in [0.717, 1.165) is 31.2 Å². The zero-order valence-corrected chi connectivity index (χ0v) is 19.5. The molecule has 0 unspecified atom stereocenters. The summed E-state index contributed by atoms with van der Waals surface area (Å²) in [7, 11) is 1.59. The van der Waals surface area contributed by atoms with E-state index in [4.69, 9.17) is 4.42 Å². The van der Waals surface area contributed by atoms with Gasteiger partial charge in [-0.25, -0.2) is 4.39 Å². The van der Waals surface area contributed by atoms with Gasteiger partial charge in [0.1, 0.15) is 22.9 Å². The molecule has 2 N–H and O–H groups in total. The zero-order valence-electron chi connectivity index (χ0n) is 19.5. The van der Waals surface area contributed by atoms with Crippen LogP contribution in [0.5, 0.6) is 5.75 Å². The first-order valence-electron chi connectivity index (χ1n) is 12.4. The summed E-state index contributed by atoms with van der Waals surface area (Å²) in [6.45, 7) is 0. The Kier molecular flexibility index (Phi) is 7.69. The Morgan fingerprint density at radius 3 is 2.09 bits per heavy atom. The molecule has 1 aliphatic rings. The standard InChI is InChI=1S/C28H34FNO3/c1-30-28(32)26-23-17-22(19-11-9-7-5-3-2-4-6-8-10-12-19)24(31)18-25(23)33-27(26)20-13-15-21(29)16-14-20/h13-19,31H,2-12H2,1H3,(H,30,32). The van der Waals surface area contributed by atoms with Gasteiger partial charge < -0.3 is 14.8 Å². The average molecular weight is 452 g/mol. The molecule has 33 heavy (non-hydrogen) atoms. The predicted molar refractivity (Wildman–Crippen MR) is 130 cm³/mol. The normalized spacial score (nSPS) is 16.8. The number of benzene rings is 2. The molecule has 4 rings (SSSR count). The van der Waals surface area contributed by atoms with Crippen LogP contribution in [0.3, 0.4) is 0 Å². The van der Waals surface area contributed by atoms with Crippen molar-refractivity contribution in [1.29, 1.82) is 0 Å². The molecule has 0 aliphatic heterocycles. The molecule has 1 saturated carbocycles. The molecule has 176 valence electrons. The summed E-state index contributed by atoms with van der Waals surface area (Å²) >= 11 is 0. The minimum Gasteiger partial charge on any atom is -0.508 e. The molecule has 0 bridgehead atoms. The van der Waals surface area contributed by atoms with Crippen LogP contribution in [-0.2, 0) is 0 Å². The molecule has 0 spiro atoms. The second kappa shape index (κ2) is 10.9. The Morgan fingerprint density at radius 1 is 0.939 bits per heavy atom. The summed E-state index contributed by atoms with van der Waals surface area (Å²) in [5, 5.41) is 14.3. The number of phenols is 1. The molecule has 1 amide bonds. The van der Waals surface area contributed by atoms with Gasteiger partial charge in [-0.2, -0.15) is 0 Å². The van der Waals surface area contributed by atoms with Crippen molar-refractivity contribution in [3.8, 4) is 17.1 Å². The van der Waals surface area contributed by atoms with E-state index >= 15 is 0 Å². The summed E-state index contributed by atoms with van der Waals surface area (Å²) in [6.07, 6.45) is 13.4. The summed E-state index contributed by atoms with van der Waals surface area (Å²) in [4.78, 5) is 12.9. The maximum atomic E-state index is 13.5. The molecule has 1 aromatic heterocycles. The minimum atomic E-state index is -0.348. The number of furan rings is 1. The van der Waals surface area contributed by atoms with E-state index in [2.05, 4.69) is 5.32 Å². The van der Waals surface area contributed by atoms with E-state index in [1.807, 2.05) is 6.07 Å². The Bertz CT molecular complexity index is 1070. The Balaban J connectivity index is 1.75. The van der Waals surface area contributed by atoms with E-state index < -0.39 is 0 Å². The number of fused-ring (bicyclic) bond motifs is 1. The molecule has 3 aromatic rings. The lowest BCUT2D eigenvalue weighted by Crippen LogP contribution is -2.18. The van der Waals surface area contributed by atoms with Crippen molar-refractivity contribution in [1.82, 2.24) is 5.32 Å². The lowest BCUT2D eigenvalue weighted by molar-refractivity contribution is 0.0964. The topological polar surface area (TPSA) is 62.5 Å². The van der Waals surface area contributed by atoms with Gasteiger partial charge in [0, 0.05) is 24.1 Å². The molecule has 4 nitrogen and oxygen atoms in total. The van der Waals surface area contributed by atoms with Gasteiger partial charge in [-0.1, -0.05) is 57.8 Å². The van der Waals surface area contributed by atoms with Gasteiger partial charge in [-0.15, -0.1) is 0 Å². The monoisotopic (exact) mass is 451 g/mol. The summed E-state index contributed by atoms with van der Waals surface area (Å²) in [5.74, 6) is 0.264. The van der Waals surface area contributed by atoms with Crippen molar-refractivity contribution < 1.29 is 18.7 Å². The fourth-order valence-corrected chi connectivity index (χ4v) is 5.11. The van der Waals surface area contributed by atoms with Gasteiger partial charge in [0.2, 0.25) is 0 Å². The van der Waals surface area contributed by atoms with E-state index in [-0.39, 0.29) is 23.4 Å². The van der Waals surface area contributed by atoms with E-state index in [1.54, 1.807) is 25.2 Å². The zero-order chi connectivity index (χ0) is 23.2. The van der Waals surface area contributed by atoms with Crippen LogP contribution in [0.15, 0.2) is 40.8 Å². The third-order valence-electron chi connectivity index (χ3n) is 6.94. The molecular weight excluding hydrogens is 417 g/mol. The highest BCUT2D eigenvalue weighted by atomic mass is 19.1. The number of amides is 1. The van der Waals surface area contributed by atoms with Crippen molar-refractivity contribution in [2.24, 2.45) is 0 Å². The molecule has 5 heteroatoms. The van der Waals surface area contributed by atoms with E-state index in [1.165, 1.54) is 57.1 Å². The van der Waals surface area contributed by atoms with Crippen LogP contribution in [0.1, 0.15) is 92.5 Å². The lowest BCUT2D eigenvalue weighted by atomic mass is 9.86. The fraction of sp³-hybridized carbons (Fsp3) is 0.464. The number of carbonyl (C=O) groups is 1. The van der Waals surface area contributed by atoms with Gasteiger partial charge in [-0.05, 0) is 54.7 Å². The van der Waals surface area contributed by atoms with Crippen LogP contribution < -0.4 is 5.32 Å². The Morgan fingerprint density at radius 2 is 1.52 bits per heavy atom. The van der Waals surface area contributed by atoms with Crippen LogP contribution in [0.4, 0.5) is 4.39 Å². The van der Waals surface area contributed by atoms with Crippen molar-refractivity contribution in [2.75, 3.05) is 7.05 Å². The number of phenolic OH excluding ortho intramolecular Hbond substituents is 1. The van der Waals surface area contributed by atoms with Crippen LogP contribution in [0.25, 0.3) is 22.3 Å². The second-order valence-corrected chi connectivity index (χ2v) is 9.26. The first-order chi connectivity index (χ1) is 16.1. The van der Waals surface area contributed by atoms with Crippen LogP contribution in [0, 0.1) is 5.82 Å². The Hall–Kier alpha value is -2.82. The van der Waals surface area contributed by atoms with Crippen molar-refractivity contribution >= 4 is 16.9 Å². The number of hydrogen-bond donors (Lipinski definition) is 2. The van der Waals surface area contributed by atoms with E-state index in [0.29, 0.717) is 27.9 Å². The van der Waals surface area contributed by atoms with Gasteiger partial charge in [0.15, 0.2) is 0 Å². The van der Waals surface area contributed by atoms with Gasteiger partial charge in [0.05, 0.1) is 5.56 Å². The average Bonchev–Trinajstić information content (AvgIpc) is 3.17. The van der Waals surface area contributed by atoms with Crippen molar-refractivity contribution in [3.63, 3.8) is 0 Å². The third-order valence-corrected chi connectivity index (χ3v) is 6.94. The van der Waals surface area contributed by atoms with Crippen molar-refractivity contribution in [3.05, 3.63) is 53.3 Å². The lowest BCUT2D eigenvalue weighted by Gasteiger charge is -2.19. The number of nitrogens with one attached hydrogen (secondary N) is 1. The second-order valence-electron chi connectivity index (χ2n) is 9.26. The van der Waals surface area contributed by atoms with Gasteiger partial charge in [-0.3, -0.25) is 4.79 Å². The first-order valence-corrected chi connectivity index (χ1v) is 12.4. The molecule has 2 aromatic carbocycles. The SMILES string of the molecule is CNC(=O)c1c(-c2ccc(F)cc2)oc2cc(O)c(C3CCCCCCCCCCC3)cc12.